The maximum Gasteiger partial charge on any atom is 0.435 e. The van der Waals surface area contributed by atoms with E-state index in [9.17, 15) is 13.2 Å². The Balaban J connectivity index is 2.28. The number of halogens is 3. The Hall–Kier alpha value is -2.87. The third kappa shape index (κ3) is 5.59. The van der Waals surface area contributed by atoms with Crippen molar-refractivity contribution >= 4 is 17.1 Å². The molecule has 5 nitrogen and oxygen atoms in total. The van der Waals surface area contributed by atoms with Crippen molar-refractivity contribution < 1.29 is 13.2 Å². The fraction of sp³-hybridized carbons (Fsp3) is 0.222. The molecule has 0 aliphatic rings. The minimum atomic E-state index is -4.68. The zero-order valence-electron chi connectivity index (χ0n) is 14.5. The van der Waals surface area contributed by atoms with Gasteiger partial charge >= 0.3 is 6.18 Å². The lowest BCUT2D eigenvalue weighted by Gasteiger charge is -2.16. The average Bonchev–Trinajstić information content (AvgIpc) is 2.59. The summed E-state index contributed by atoms with van der Waals surface area (Å²) in [5.74, 6) is 0. The summed E-state index contributed by atoms with van der Waals surface area (Å²) >= 11 is 0. The molecule has 0 unspecified atom stereocenters. The van der Waals surface area contributed by atoms with Gasteiger partial charge in [0.05, 0.1) is 17.6 Å². The molecule has 0 aliphatic heterocycles. The second-order valence-corrected chi connectivity index (χ2v) is 5.81. The van der Waals surface area contributed by atoms with E-state index in [0.717, 1.165) is 18.3 Å². The quantitative estimate of drug-likeness (QED) is 0.768. The number of benzene rings is 1. The Morgan fingerprint density at radius 3 is 2.42 bits per heavy atom. The number of alkyl halides is 3. The smallest absolute Gasteiger partial charge is 0.403 e. The molecular weight excluding hydrogens is 343 g/mol. The SMILES string of the molecule is CN(C)Cc1ccc(N/C(=C/N)C(=Nc2cccnc2)C(F)(F)F)cc1. The number of rotatable bonds is 6. The molecule has 1 aromatic heterocycles. The fourth-order valence-corrected chi connectivity index (χ4v) is 2.22. The molecule has 0 amide bonds. The van der Waals surface area contributed by atoms with Crippen molar-refractivity contribution in [3.63, 3.8) is 0 Å². The molecule has 0 fully saturated rings. The van der Waals surface area contributed by atoms with Gasteiger partial charge in [0.25, 0.3) is 0 Å². The first-order valence-electron chi connectivity index (χ1n) is 7.78. The van der Waals surface area contributed by atoms with E-state index in [0.29, 0.717) is 5.69 Å². The number of anilines is 1. The highest BCUT2D eigenvalue weighted by Gasteiger charge is 2.38. The standard InChI is InChI=1S/C18H20F3N5/c1-26(2)12-13-5-7-14(8-6-13)24-16(10-22)17(18(19,20)21)25-15-4-3-9-23-11-15/h3-11,24H,12,22H2,1-2H3/b16-10+,25-17?. The van der Waals surface area contributed by atoms with Gasteiger partial charge in [0.1, 0.15) is 0 Å². The fourth-order valence-electron chi connectivity index (χ4n) is 2.22. The van der Waals surface area contributed by atoms with Crippen molar-refractivity contribution in [2.75, 3.05) is 19.4 Å². The van der Waals surface area contributed by atoms with Crippen molar-refractivity contribution in [2.24, 2.45) is 10.7 Å². The highest BCUT2D eigenvalue weighted by atomic mass is 19.4. The Kier molecular flexibility index (Phi) is 6.35. The van der Waals surface area contributed by atoms with Crippen LogP contribution in [0.4, 0.5) is 24.5 Å². The molecule has 2 rings (SSSR count). The molecule has 0 atom stereocenters. The molecule has 138 valence electrons. The van der Waals surface area contributed by atoms with Crippen molar-refractivity contribution in [1.82, 2.24) is 9.88 Å². The van der Waals surface area contributed by atoms with E-state index in [1.807, 2.05) is 31.1 Å². The lowest BCUT2D eigenvalue weighted by molar-refractivity contribution is -0.0581. The molecule has 0 spiro atoms. The van der Waals surface area contributed by atoms with Gasteiger partial charge in [-0.05, 0) is 43.9 Å². The van der Waals surface area contributed by atoms with Gasteiger partial charge in [-0.25, -0.2) is 4.99 Å². The molecule has 8 heteroatoms. The monoisotopic (exact) mass is 363 g/mol. The van der Waals surface area contributed by atoms with E-state index in [4.69, 9.17) is 5.73 Å². The van der Waals surface area contributed by atoms with E-state index in [2.05, 4.69) is 15.3 Å². The molecular formula is C18H20F3N5. The molecule has 0 saturated carbocycles. The molecule has 0 bridgehead atoms. The van der Waals surface area contributed by atoms with Crippen molar-refractivity contribution in [3.05, 3.63) is 66.3 Å². The number of nitrogens with two attached hydrogens (primary N) is 1. The zero-order valence-corrected chi connectivity index (χ0v) is 14.5. The second kappa shape index (κ2) is 8.48. The number of aliphatic imine (C=N–C) groups is 1. The molecule has 1 aromatic carbocycles. The number of aromatic nitrogens is 1. The summed E-state index contributed by atoms with van der Waals surface area (Å²) in [5.41, 5.74) is 5.59. The van der Waals surface area contributed by atoms with Crippen LogP contribution in [0.15, 0.2) is 65.7 Å². The summed E-state index contributed by atoms with van der Waals surface area (Å²) < 4.78 is 40.4. The predicted octanol–water partition coefficient (Wildman–Crippen LogP) is 3.69. The number of nitrogens with zero attached hydrogens (tertiary/aromatic N) is 3. The average molecular weight is 363 g/mol. The molecule has 2 aromatic rings. The summed E-state index contributed by atoms with van der Waals surface area (Å²) in [6.45, 7) is 0.732. The van der Waals surface area contributed by atoms with Gasteiger partial charge in [0.2, 0.25) is 0 Å². The number of nitrogens with one attached hydrogen (secondary N) is 1. The maximum atomic E-state index is 13.5. The molecule has 0 saturated heterocycles. The van der Waals surface area contributed by atoms with E-state index < -0.39 is 11.9 Å². The molecule has 3 N–H and O–H groups in total. The maximum absolute atomic E-state index is 13.5. The van der Waals surface area contributed by atoms with E-state index in [-0.39, 0.29) is 11.4 Å². The summed E-state index contributed by atoms with van der Waals surface area (Å²) in [6, 6.07) is 10.0. The normalized spacial score (nSPS) is 13.2. The summed E-state index contributed by atoms with van der Waals surface area (Å²) in [6.07, 6.45) is -1.12. The minimum Gasteiger partial charge on any atom is -0.403 e. The summed E-state index contributed by atoms with van der Waals surface area (Å²) in [5, 5.41) is 2.69. The Bertz CT molecular complexity index is 766. The van der Waals surface area contributed by atoms with Crippen LogP contribution in [0, 0.1) is 0 Å². The van der Waals surface area contributed by atoms with E-state index in [1.165, 1.54) is 24.5 Å². The molecule has 0 aliphatic carbocycles. The molecule has 0 radical (unpaired) electrons. The first kappa shape index (κ1) is 19.5. The molecule has 26 heavy (non-hydrogen) atoms. The van der Waals surface area contributed by atoms with Crippen molar-refractivity contribution in [2.45, 2.75) is 12.7 Å². The van der Waals surface area contributed by atoms with Crippen molar-refractivity contribution in [3.8, 4) is 0 Å². The van der Waals surface area contributed by atoms with Gasteiger partial charge in [-0.2, -0.15) is 13.2 Å². The van der Waals surface area contributed by atoms with Crippen LogP contribution in [-0.2, 0) is 6.54 Å². The predicted molar refractivity (Wildman–Crippen MR) is 97.1 cm³/mol. The van der Waals surface area contributed by atoms with Crippen LogP contribution in [0.2, 0.25) is 0 Å². The number of hydrogen-bond donors (Lipinski definition) is 2. The van der Waals surface area contributed by atoms with E-state index >= 15 is 0 Å². The zero-order chi connectivity index (χ0) is 19.2. The first-order valence-corrected chi connectivity index (χ1v) is 7.78. The van der Waals surface area contributed by atoms with Crippen LogP contribution in [0.25, 0.3) is 0 Å². The lowest BCUT2D eigenvalue weighted by atomic mass is 10.2. The van der Waals surface area contributed by atoms with Gasteiger partial charge in [0, 0.05) is 24.6 Å². The highest BCUT2D eigenvalue weighted by molar-refractivity contribution is 6.07. The largest absolute Gasteiger partial charge is 0.435 e. The van der Waals surface area contributed by atoms with Gasteiger partial charge in [-0.15, -0.1) is 0 Å². The number of allylic oxidation sites excluding steroid dienone is 1. The van der Waals surface area contributed by atoms with Crippen LogP contribution in [-0.4, -0.2) is 35.9 Å². The third-order valence-electron chi connectivity index (χ3n) is 3.31. The van der Waals surface area contributed by atoms with Gasteiger partial charge < -0.3 is 16.0 Å². The lowest BCUT2D eigenvalue weighted by Crippen LogP contribution is -2.29. The van der Waals surface area contributed by atoms with Crippen LogP contribution < -0.4 is 11.1 Å². The first-order chi connectivity index (χ1) is 12.3. The van der Waals surface area contributed by atoms with Crippen LogP contribution in [0.1, 0.15) is 5.56 Å². The Morgan fingerprint density at radius 2 is 1.92 bits per heavy atom. The Labute approximate surface area is 150 Å². The molecule has 1 heterocycles. The van der Waals surface area contributed by atoms with Crippen LogP contribution in [0.3, 0.4) is 0 Å². The highest BCUT2D eigenvalue weighted by Crippen LogP contribution is 2.26. The van der Waals surface area contributed by atoms with Crippen LogP contribution in [0.5, 0.6) is 0 Å². The summed E-state index contributed by atoms with van der Waals surface area (Å²) in [7, 11) is 3.87. The van der Waals surface area contributed by atoms with E-state index in [1.54, 1.807) is 12.1 Å². The number of pyridine rings is 1. The van der Waals surface area contributed by atoms with Gasteiger partial charge in [-0.1, -0.05) is 12.1 Å². The topological polar surface area (TPSA) is 66.5 Å². The second-order valence-electron chi connectivity index (χ2n) is 5.81. The minimum absolute atomic E-state index is 0.0855. The van der Waals surface area contributed by atoms with Crippen LogP contribution >= 0.6 is 0 Å². The third-order valence-corrected chi connectivity index (χ3v) is 3.31. The Morgan fingerprint density at radius 1 is 1.23 bits per heavy atom. The number of hydrogen-bond acceptors (Lipinski definition) is 5. The van der Waals surface area contributed by atoms with Gasteiger partial charge in [-0.3, -0.25) is 4.98 Å². The van der Waals surface area contributed by atoms with Crippen molar-refractivity contribution in [1.29, 1.82) is 0 Å². The van der Waals surface area contributed by atoms with Gasteiger partial charge in [0.15, 0.2) is 5.71 Å². The summed E-state index contributed by atoms with van der Waals surface area (Å²) in [4.78, 5) is 9.43.